The second-order valence-corrected chi connectivity index (χ2v) is 19.2. The zero-order chi connectivity index (χ0) is 58.3. The van der Waals surface area contributed by atoms with Gasteiger partial charge in [-0.3, -0.25) is 0 Å². The zero-order valence-electron chi connectivity index (χ0n) is 46.6. The first-order valence-corrected chi connectivity index (χ1v) is 27.8. The standard InChI is InChI=1S/C46H48O10.C22H23NO3/c1-4-43(47)53-28-12-8-6-10-26-51-35-18-14-33(15-19-35)45(49)55-37-22-24-39-40-25-23-38(31-42(40)32(3)41(39)30-37)56-46(50)34-16-20-36(21-17-34)52-27-11-7-9-13-29-54-44(48)5-2;1-2-22(24)26-16-6-4-3-5-15-25-21-13-11-20(12-14-21)19-9-7-18(17-23)8-10-19/h4-5,14-25,30-32H,1-2,6-13,26-29H2,3H3;2,7-14H,1,3-6,15-16H2. The molecule has 0 N–H and O–H groups in total. The molecule has 426 valence electrons. The third kappa shape index (κ3) is 20.5. The summed E-state index contributed by atoms with van der Waals surface area (Å²) in [6.45, 7) is 15.2. The van der Waals surface area contributed by atoms with Crippen LogP contribution in [0.5, 0.6) is 28.7 Å². The van der Waals surface area contributed by atoms with Gasteiger partial charge in [0, 0.05) is 24.1 Å². The fourth-order valence-corrected chi connectivity index (χ4v) is 8.71. The van der Waals surface area contributed by atoms with Gasteiger partial charge < -0.3 is 37.9 Å². The van der Waals surface area contributed by atoms with Gasteiger partial charge in [0.15, 0.2) is 0 Å². The number of ether oxygens (including phenoxy) is 8. The topological polar surface area (TPSA) is 183 Å². The Morgan fingerprint density at radius 2 is 0.720 bits per heavy atom. The number of fused-ring (bicyclic) bond motifs is 3. The number of hydrogen-bond acceptors (Lipinski definition) is 14. The second-order valence-electron chi connectivity index (χ2n) is 19.2. The fraction of sp³-hybridized carbons (Fsp3) is 0.294. The summed E-state index contributed by atoms with van der Waals surface area (Å²) < 4.78 is 43.8. The van der Waals surface area contributed by atoms with Gasteiger partial charge in [-0.05, 0) is 207 Å². The van der Waals surface area contributed by atoms with Crippen LogP contribution in [0.3, 0.4) is 0 Å². The number of unbranched alkanes of at least 4 members (excludes halogenated alkanes) is 9. The molecule has 0 unspecified atom stereocenters. The number of hydrogen-bond donors (Lipinski definition) is 0. The van der Waals surface area contributed by atoms with Crippen LogP contribution >= 0.6 is 0 Å². The molecule has 1 aliphatic carbocycles. The summed E-state index contributed by atoms with van der Waals surface area (Å²) in [5, 5.41) is 8.84. The number of carbonyl (C=O) groups excluding carboxylic acids is 5. The molecule has 0 heterocycles. The molecule has 6 aromatic rings. The van der Waals surface area contributed by atoms with Crippen molar-refractivity contribution >= 4 is 29.8 Å². The lowest BCUT2D eigenvalue weighted by atomic mass is 9.99. The highest BCUT2D eigenvalue weighted by molar-refractivity contribution is 5.92. The first kappa shape index (κ1) is 62.0. The monoisotopic (exact) mass is 1110 g/mol. The minimum absolute atomic E-state index is 0.0187. The lowest BCUT2D eigenvalue weighted by Crippen LogP contribution is -2.09. The van der Waals surface area contributed by atoms with Crippen LogP contribution in [0.4, 0.5) is 0 Å². The smallest absolute Gasteiger partial charge is 0.343 e. The van der Waals surface area contributed by atoms with Gasteiger partial charge in [-0.1, -0.05) is 63.1 Å². The third-order valence-corrected chi connectivity index (χ3v) is 13.2. The summed E-state index contributed by atoms with van der Waals surface area (Å²) in [6, 6.07) is 42.6. The van der Waals surface area contributed by atoms with E-state index in [0.29, 0.717) is 79.3 Å². The normalized spacial score (nSPS) is 11.0. The summed E-state index contributed by atoms with van der Waals surface area (Å²) >= 11 is 0. The zero-order valence-corrected chi connectivity index (χ0v) is 46.6. The number of nitrogens with zero attached hydrogens (tertiary/aromatic N) is 1. The average Bonchev–Trinajstić information content (AvgIpc) is 3.40. The number of nitriles is 1. The number of esters is 5. The van der Waals surface area contributed by atoms with Gasteiger partial charge in [-0.2, -0.15) is 5.26 Å². The maximum absolute atomic E-state index is 13.0. The van der Waals surface area contributed by atoms with Crippen LogP contribution in [0.1, 0.15) is 127 Å². The van der Waals surface area contributed by atoms with Crippen molar-refractivity contribution in [2.24, 2.45) is 0 Å². The maximum Gasteiger partial charge on any atom is 0.343 e. The molecule has 0 saturated heterocycles. The van der Waals surface area contributed by atoms with Crippen molar-refractivity contribution in [3.05, 3.63) is 199 Å². The summed E-state index contributed by atoms with van der Waals surface area (Å²) in [7, 11) is 0. The van der Waals surface area contributed by atoms with Gasteiger partial charge in [0.2, 0.25) is 0 Å². The van der Waals surface area contributed by atoms with E-state index in [0.717, 1.165) is 128 Å². The van der Waals surface area contributed by atoms with Crippen LogP contribution < -0.4 is 23.7 Å². The lowest BCUT2D eigenvalue weighted by Gasteiger charge is -2.11. The molecule has 0 aromatic heterocycles. The predicted octanol–water partition coefficient (Wildman–Crippen LogP) is 14.5. The van der Waals surface area contributed by atoms with Gasteiger partial charge in [-0.15, -0.1) is 0 Å². The Morgan fingerprint density at radius 1 is 0.415 bits per heavy atom. The highest BCUT2D eigenvalue weighted by Gasteiger charge is 2.27. The van der Waals surface area contributed by atoms with E-state index in [2.05, 4.69) is 32.7 Å². The summed E-state index contributed by atoms with van der Waals surface area (Å²) in [5.41, 5.74) is 7.74. The van der Waals surface area contributed by atoms with Crippen molar-refractivity contribution in [1.29, 1.82) is 5.26 Å². The molecule has 1 aliphatic rings. The van der Waals surface area contributed by atoms with Crippen molar-refractivity contribution in [2.75, 3.05) is 39.6 Å². The van der Waals surface area contributed by atoms with E-state index in [1.54, 1.807) is 60.7 Å². The molecule has 7 rings (SSSR count). The highest BCUT2D eigenvalue weighted by Crippen LogP contribution is 2.47. The minimum Gasteiger partial charge on any atom is -0.494 e. The molecule has 0 atom stereocenters. The molecule has 14 heteroatoms. The largest absolute Gasteiger partial charge is 0.494 e. The summed E-state index contributed by atoms with van der Waals surface area (Å²) in [5.74, 6) is 0.941. The van der Waals surface area contributed by atoms with Gasteiger partial charge >= 0.3 is 29.8 Å². The van der Waals surface area contributed by atoms with Gasteiger partial charge in [0.1, 0.15) is 28.7 Å². The van der Waals surface area contributed by atoms with E-state index in [4.69, 9.17) is 43.2 Å². The van der Waals surface area contributed by atoms with Crippen molar-refractivity contribution in [1.82, 2.24) is 0 Å². The molecule has 82 heavy (non-hydrogen) atoms. The van der Waals surface area contributed by atoms with E-state index in [1.165, 1.54) is 6.08 Å². The van der Waals surface area contributed by atoms with E-state index in [1.807, 2.05) is 72.8 Å². The Bertz CT molecular complexity index is 2960. The second kappa shape index (κ2) is 34.0. The van der Waals surface area contributed by atoms with Crippen LogP contribution in [0, 0.1) is 11.3 Å². The molecule has 0 aliphatic heterocycles. The van der Waals surface area contributed by atoms with E-state index in [9.17, 15) is 24.0 Å². The molecule has 14 nitrogen and oxygen atoms in total. The molecular formula is C68H71NO13. The van der Waals surface area contributed by atoms with Crippen molar-refractivity contribution in [3.8, 4) is 57.1 Å². The molecule has 0 amide bonds. The molecule has 0 fully saturated rings. The molecule has 0 saturated carbocycles. The third-order valence-electron chi connectivity index (χ3n) is 13.2. The van der Waals surface area contributed by atoms with Crippen LogP contribution in [-0.2, 0) is 28.6 Å². The number of benzene rings is 6. The molecular weight excluding hydrogens is 1040 g/mol. The van der Waals surface area contributed by atoms with Gasteiger partial charge in [-0.25, -0.2) is 24.0 Å². The summed E-state index contributed by atoms with van der Waals surface area (Å²) in [4.78, 5) is 59.0. The molecule has 6 aromatic carbocycles. The van der Waals surface area contributed by atoms with Crippen LogP contribution in [0.2, 0.25) is 0 Å². The Balaban J connectivity index is 0.000000347. The Labute approximate surface area is 480 Å². The first-order valence-electron chi connectivity index (χ1n) is 27.8. The Hall–Kier alpha value is -9.22. The van der Waals surface area contributed by atoms with E-state index in [-0.39, 0.29) is 11.9 Å². The van der Waals surface area contributed by atoms with Crippen LogP contribution in [0.15, 0.2) is 171 Å². The SMILES string of the molecule is C=CC(=O)OCCCCCCOc1ccc(-c2ccc(C#N)cc2)cc1.C=CC(=O)OCCCCCCOc1ccc(C(=O)Oc2ccc3c(c2)C(C)c2cc(OC(=O)c4ccc(OCCCCCCOC(=O)C=C)cc4)ccc2-3)cc1. The Morgan fingerprint density at radius 3 is 1.05 bits per heavy atom. The predicted molar refractivity (Wildman–Crippen MR) is 314 cm³/mol. The fourth-order valence-electron chi connectivity index (χ4n) is 8.71. The van der Waals surface area contributed by atoms with Crippen molar-refractivity contribution in [2.45, 2.75) is 89.9 Å². The minimum atomic E-state index is -0.469. The highest BCUT2D eigenvalue weighted by atomic mass is 16.5. The van der Waals surface area contributed by atoms with Crippen LogP contribution in [0.25, 0.3) is 22.3 Å². The quantitative estimate of drug-likeness (QED) is 0.0128. The number of carbonyl (C=O) groups is 5. The molecule has 0 spiro atoms. The summed E-state index contributed by atoms with van der Waals surface area (Å²) in [6.07, 6.45) is 14.4. The molecule has 0 bridgehead atoms. The average molecular weight is 1110 g/mol. The van der Waals surface area contributed by atoms with Gasteiger partial charge in [0.25, 0.3) is 0 Å². The van der Waals surface area contributed by atoms with Gasteiger partial charge in [0.05, 0.1) is 62.4 Å². The molecule has 0 radical (unpaired) electrons. The first-order chi connectivity index (χ1) is 40.0. The van der Waals surface area contributed by atoms with Crippen molar-refractivity contribution < 1.29 is 61.9 Å². The number of rotatable bonds is 32. The maximum atomic E-state index is 13.0. The Kier molecular flexibility index (Phi) is 25.7. The van der Waals surface area contributed by atoms with E-state index < -0.39 is 23.9 Å². The lowest BCUT2D eigenvalue weighted by molar-refractivity contribution is -0.138. The van der Waals surface area contributed by atoms with Crippen molar-refractivity contribution in [3.63, 3.8) is 0 Å². The van der Waals surface area contributed by atoms with Crippen LogP contribution in [-0.4, -0.2) is 69.5 Å². The van der Waals surface area contributed by atoms with E-state index >= 15 is 0 Å².